The second-order valence-corrected chi connectivity index (χ2v) is 11.6. The summed E-state index contributed by atoms with van der Waals surface area (Å²) in [6, 6.07) is 9.07. The Morgan fingerprint density at radius 1 is 1.12 bits per heavy atom. The van der Waals surface area contributed by atoms with Crippen molar-refractivity contribution in [2.24, 2.45) is 0 Å². The Morgan fingerprint density at radius 3 is 2.21 bits per heavy atom. The number of phenolic OH excluding ortho intramolecular Hbond substituents is 1. The van der Waals surface area contributed by atoms with Crippen LogP contribution < -0.4 is 10.6 Å². The predicted molar refractivity (Wildman–Crippen MR) is 102 cm³/mol. The Kier molecular flexibility index (Phi) is 8.91. The third kappa shape index (κ3) is 6.10. The van der Waals surface area contributed by atoms with Crippen LogP contribution in [0.5, 0.6) is 5.75 Å². The van der Waals surface area contributed by atoms with Gasteiger partial charge in [0, 0.05) is 16.2 Å². The summed E-state index contributed by atoms with van der Waals surface area (Å²) >= 11 is -0.826. The summed E-state index contributed by atoms with van der Waals surface area (Å²) < 4.78 is 14.0. The molecule has 0 radical (unpaired) electrons. The van der Waals surface area contributed by atoms with Crippen molar-refractivity contribution in [3.63, 3.8) is 0 Å². The fraction of sp³-hybridized carbons (Fsp3) is 0.333. The van der Waals surface area contributed by atoms with Crippen LogP contribution in [0.2, 0.25) is 0 Å². The standard InChI is InChI=1S/C18H22FOP.2ClH.Zr/c1-11-9-13(18(3,4)5)16(20)15(10-11)21-17-12(2)7-6-8-14(17)19;;;/h6-10,20-21H,1-5H3;2*1H;/q;;;+2/p-2. The molecule has 1 atom stereocenters. The van der Waals surface area contributed by atoms with Crippen LogP contribution in [0.25, 0.3) is 0 Å². The number of rotatable bonds is 2. The molecule has 0 bridgehead atoms. The van der Waals surface area contributed by atoms with Crippen LogP contribution in [0.15, 0.2) is 30.3 Å². The van der Waals surface area contributed by atoms with E-state index < -0.39 is 20.8 Å². The quantitative estimate of drug-likeness (QED) is 0.584. The first-order valence-electron chi connectivity index (χ1n) is 7.44. The van der Waals surface area contributed by atoms with Gasteiger partial charge in [-0.1, -0.05) is 47.6 Å². The van der Waals surface area contributed by atoms with Gasteiger partial charge in [-0.05, 0) is 42.5 Å². The molecular formula is C18H22Cl2FOPZr. The van der Waals surface area contributed by atoms with Crippen molar-refractivity contribution in [1.82, 2.24) is 0 Å². The Bertz CT molecular complexity index is 682. The molecule has 2 aromatic rings. The van der Waals surface area contributed by atoms with Crippen LogP contribution in [0.4, 0.5) is 4.39 Å². The zero-order valence-corrected chi connectivity index (χ0v) is 19.4. The molecule has 0 fully saturated rings. The van der Waals surface area contributed by atoms with E-state index in [1.54, 1.807) is 6.07 Å². The molecule has 0 aromatic heterocycles. The van der Waals surface area contributed by atoms with Gasteiger partial charge in [-0.15, -0.1) is 0 Å². The average Bonchev–Trinajstić information content (AvgIpc) is 2.46. The van der Waals surface area contributed by atoms with Crippen molar-refractivity contribution < 1.29 is 30.3 Å². The molecule has 2 rings (SSSR count). The van der Waals surface area contributed by atoms with Crippen LogP contribution in [-0.4, -0.2) is 5.11 Å². The summed E-state index contributed by atoms with van der Waals surface area (Å²) in [5.41, 5.74) is 2.79. The second kappa shape index (κ2) is 9.68. The zero-order valence-electron chi connectivity index (χ0n) is 14.5. The first-order valence-corrected chi connectivity index (χ1v) is 14.8. The van der Waals surface area contributed by atoms with Crippen LogP contribution in [0, 0.1) is 19.7 Å². The predicted octanol–water partition coefficient (Wildman–Crippen LogP) is 5.45. The molecule has 0 aliphatic heterocycles. The number of aryl methyl sites for hydroxylation is 2. The van der Waals surface area contributed by atoms with E-state index in [4.69, 9.17) is 17.0 Å². The van der Waals surface area contributed by atoms with Gasteiger partial charge in [0.2, 0.25) is 0 Å². The molecule has 24 heavy (non-hydrogen) atoms. The molecule has 1 unspecified atom stereocenters. The Balaban J connectivity index is 0.000000891. The van der Waals surface area contributed by atoms with Crippen LogP contribution in [0.1, 0.15) is 37.5 Å². The van der Waals surface area contributed by atoms with Crippen molar-refractivity contribution in [1.29, 1.82) is 0 Å². The van der Waals surface area contributed by atoms with Crippen molar-refractivity contribution >= 4 is 36.2 Å². The van der Waals surface area contributed by atoms with Crippen LogP contribution in [-0.2, 0) is 26.3 Å². The molecule has 2 aromatic carbocycles. The third-order valence-electron chi connectivity index (χ3n) is 3.54. The number of benzene rings is 2. The van der Waals surface area contributed by atoms with Crippen molar-refractivity contribution in [3.8, 4) is 5.75 Å². The monoisotopic (exact) mass is 464 g/mol. The summed E-state index contributed by atoms with van der Waals surface area (Å²) in [7, 11) is 9.99. The average molecular weight is 466 g/mol. The maximum absolute atomic E-state index is 14.0. The van der Waals surface area contributed by atoms with Gasteiger partial charge in [0.25, 0.3) is 0 Å². The summed E-state index contributed by atoms with van der Waals surface area (Å²) in [5, 5.41) is 12.1. The van der Waals surface area contributed by atoms with Crippen molar-refractivity contribution in [2.75, 3.05) is 0 Å². The summed E-state index contributed by atoms with van der Waals surface area (Å²) in [6.07, 6.45) is 0. The number of phenols is 1. The van der Waals surface area contributed by atoms with E-state index in [-0.39, 0.29) is 19.8 Å². The summed E-state index contributed by atoms with van der Waals surface area (Å²) in [4.78, 5) is 0. The molecule has 0 spiro atoms. The number of halogens is 3. The molecule has 0 saturated heterocycles. The molecule has 0 heterocycles. The van der Waals surface area contributed by atoms with Gasteiger partial charge in [-0.2, -0.15) is 0 Å². The zero-order chi connectivity index (χ0) is 18.5. The van der Waals surface area contributed by atoms with Gasteiger partial charge >= 0.3 is 37.9 Å². The summed E-state index contributed by atoms with van der Waals surface area (Å²) in [6.45, 7) is 10.1. The molecule has 130 valence electrons. The van der Waals surface area contributed by atoms with Crippen LogP contribution >= 0.6 is 25.6 Å². The Labute approximate surface area is 164 Å². The van der Waals surface area contributed by atoms with Gasteiger partial charge in [-0.25, -0.2) is 4.39 Å². The van der Waals surface area contributed by atoms with E-state index >= 15 is 0 Å². The molecule has 0 aliphatic rings. The first kappa shape index (κ1) is 22.1. The van der Waals surface area contributed by atoms with Crippen molar-refractivity contribution in [3.05, 3.63) is 52.8 Å². The third-order valence-corrected chi connectivity index (χ3v) is 5.08. The first-order chi connectivity index (χ1) is 11.1. The van der Waals surface area contributed by atoms with E-state index in [9.17, 15) is 9.50 Å². The van der Waals surface area contributed by atoms with Gasteiger partial charge in [0.1, 0.15) is 11.6 Å². The number of aromatic hydroxyl groups is 1. The van der Waals surface area contributed by atoms with E-state index in [1.807, 2.05) is 32.0 Å². The fourth-order valence-corrected chi connectivity index (χ4v) is 3.68. The molecule has 0 amide bonds. The molecule has 1 nitrogen and oxygen atoms in total. The van der Waals surface area contributed by atoms with E-state index in [0.29, 0.717) is 11.1 Å². The molecule has 0 aliphatic carbocycles. The molecule has 0 saturated carbocycles. The fourth-order valence-electron chi connectivity index (χ4n) is 2.37. The second-order valence-electron chi connectivity index (χ2n) is 6.59. The molecular weight excluding hydrogens is 444 g/mol. The van der Waals surface area contributed by atoms with Gasteiger partial charge in [0.05, 0.1) is 0 Å². The number of hydrogen-bond donors (Lipinski definition) is 1. The van der Waals surface area contributed by atoms with E-state index in [1.165, 1.54) is 6.07 Å². The van der Waals surface area contributed by atoms with Crippen LogP contribution in [0.3, 0.4) is 0 Å². The molecule has 6 heteroatoms. The normalized spacial score (nSPS) is 11.3. The Hall–Kier alpha value is 0.0631. The topological polar surface area (TPSA) is 20.2 Å². The minimum atomic E-state index is -0.826. The SMILES string of the molecule is Cc1cc(Pc2c(C)cccc2F)c(O)c(C(C)(C)C)c1.[Cl][Zr][Cl]. The van der Waals surface area contributed by atoms with E-state index in [2.05, 4.69) is 20.8 Å². The maximum atomic E-state index is 14.0. The van der Waals surface area contributed by atoms with E-state index in [0.717, 1.165) is 22.0 Å². The Morgan fingerprint density at radius 2 is 1.71 bits per heavy atom. The van der Waals surface area contributed by atoms with Gasteiger partial charge in [-0.3, -0.25) is 0 Å². The van der Waals surface area contributed by atoms with Crippen molar-refractivity contribution in [2.45, 2.75) is 40.0 Å². The number of hydrogen-bond acceptors (Lipinski definition) is 1. The summed E-state index contributed by atoms with van der Waals surface area (Å²) in [5.74, 6) is 0.0978. The minimum absolute atomic E-state index is 0.120. The molecule has 1 N–H and O–H groups in total. The van der Waals surface area contributed by atoms with Gasteiger partial charge < -0.3 is 5.11 Å². The van der Waals surface area contributed by atoms with Gasteiger partial charge in [0.15, 0.2) is 0 Å².